The van der Waals surface area contributed by atoms with Crippen LogP contribution in [0, 0.1) is 5.92 Å². The van der Waals surface area contributed by atoms with Gasteiger partial charge in [0, 0.05) is 11.6 Å². The lowest BCUT2D eigenvalue weighted by Gasteiger charge is -2.36. The highest BCUT2D eigenvalue weighted by atomic mass is 35.5. The summed E-state index contributed by atoms with van der Waals surface area (Å²) >= 11 is 6.13. The van der Waals surface area contributed by atoms with Crippen molar-refractivity contribution >= 4 is 17.6 Å². The molecular formula is C14H18ClNO2. The first kappa shape index (κ1) is 13.4. The second-order valence-corrected chi connectivity index (χ2v) is 5.45. The molecule has 0 aromatic heterocycles. The number of hydrogen-bond donors (Lipinski definition) is 1. The van der Waals surface area contributed by atoms with Gasteiger partial charge in [-0.2, -0.15) is 0 Å². The fourth-order valence-corrected chi connectivity index (χ4v) is 2.68. The fourth-order valence-electron chi connectivity index (χ4n) is 2.48. The molecule has 1 fully saturated rings. The van der Waals surface area contributed by atoms with Crippen molar-refractivity contribution in [2.24, 2.45) is 5.92 Å². The molecule has 2 rings (SSSR count). The summed E-state index contributed by atoms with van der Waals surface area (Å²) < 4.78 is 0. The summed E-state index contributed by atoms with van der Waals surface area (Å²) in [5.74, 6) is -0.248. The number of likely N-dealkylation sites (tertiary alicyclic amines) is 1. The first-order valence-corrected chi connectivity index (χ1v) is 6.66. The number of aliphatic carboxylic acids is 1. The van der Waals surface area contributed by atoms with Crippen LogP contribution < -0.4 is 0 Å². The van der Waals surface area contributed by atoms with Gasteiger partial charge in [-0.15, -0.1) is 0 Å². The van der Waals surface area contributed by atoms with Crippen LogP contribution >= 0.6 is 11.6 Å². The third kappa shape index (κ3) is 3.03. The highest BCUT2D eigenvalue weighted by Crippen LogP contribution is 2.26. The summed E-state index contributed by atoms with van der Waals surface area (Å²) in [6.45, 7) is 3.55. The molecule has 1 aliphatic rings. The Balaban J connectivity index is 2.12. The third-order valence-electron chi connectivity index (χ3n) is 3.59. The van der Waals surface area contributed by atoms with Crippen molar-refractivity contribution in [1.29, 1.82) is 0 Å². The Morgan fingerprint density at radius 3 is 2.89 bits per heavy atom. The Bertz CT molecular complexity index is 436. The molecule has 1 aromatic rings. The van der Waals surface area contributed by atoms with Gasteiger partial charge < -0.3 is 5.11 Å². The van der Waals surface area contributed by atoms with Crippen LogP contribution in [0.2, 0.25) is 5.02 Å². The minimum Gasteiger partial charge on any atom is -0.480 e. The number of piperidine rings is 1. The van der Waals surface area contributed by atoms with Crippen LogP contribution in [0.25, 0.3) is 0 Å². The van der Waals surface area contributed by atoms with Crippen LogP contribution in [0.15, 0.2) is 24.3 Å². The van der Waals surface area contributed by atoms with E-state index in [0.717, 1.165) is 24.9 Å². The van der Waals surface area contributed by atoms with Crippen molar-refractivity contribution in [3.8, 4) is 0 Å². The first-order chi connectivity index (χ1) is 8.58. The Morgan fingerprint density at radius 2 is 2.22 bits per heavy atom. The molecule has 1 N–H and O–H groups in total. The molecule has 18 heavy (non-hydrogen) atoms. The Kier molecular flexibility index (Phi) is 4.25. The number of carbonyl (C=O) groups is 1. The summed E-state index contributed by atoms with van der Waals surface area (Å²) in [4.78, 5) is 13.3. The summed E-state index contributed by atoms with van der Waals surface area (Å²) in [5.41, 5.74) is 1.000. The van der Waals surface area contributed by atoms with Crippen molar-refractivity contribution in [2.75, 3.05) is 6.54 Å². The smallest absolute Gasteiger partial charge is 0.320 e. The lowest BCUT2D eigenvalue weighted by Crippen LogP contribution is -2.46. The molecule has 0 bridgehead atoms. The van der Waals surface area contributed by atoms with Crippen LogP contribution in [0.4, 0.5) is 0 Å². The van der Waals surface area contributed by atoms with Crippen LogP contribution in [-0.2, 0) is 11.3 Å². The quantitative estimate of drug-likeness (QED) is 0.915. The molecule has 4 heteroatoms. The standard InChI is InChI=1S/C14H18ClNO2/c1-10-6-7-16(13(8-10)14(17)18)9-11-4-2-3-5-12(11)15/h2-5,10,13H,6-9H2,1H3,(H,17,18). The van der Waals surface area contributed by atoms with Crippen molar-refractivity contribution in [3.63, 3.8) is 0 Å². The van der Waals surface area contributed by atoms with Crippen LogP contribution in [0.5, 0.6) is 0 Å². The molecule has 1 saturated heterocycles. The second kappa shape index (κ2) is 5.72. The SMILES string of the molecule is CC1CCN(Cc2ccccc2Cl)C(C(=O)O)C1. The monoisotopic (exact) mass is 267 g/mol. The number of benzene rings is 1. The van der Waals surface area contributed by atoms with E-state index in [1.54, 1.807) is 0 Å². The number of carboxylic acids is 1. The maximum absolute atomic E-state index is 11.3. The van der Waals surface area contributed by atoms with Crippen molar-refractivity contribution < 1.29 is 9.90 Å². The molecule has 0 radical (unpaired) electrons. The lowest BCUT2D eigenvalue weighted by atomic mass is 9.92. The van der Waals surface area contributed by atoms with E-state index >= 15 is 0 Å². The molecule has 1 aliphatic heterocycles. The molecule has 3 nitrogen and oxygen atoms in total. The predicted octanol–water partition coefficient (Wildman–Crippen LogP) is 3.03. The largest absolute Gasteiger partial charge is 0.480 e. The van der Waals surface area contributed by atoms with Gasteiger partial charge in [0.25, 0.3) is 0 Å². The van der Waals surface area contributed by atoms with Gasteiger partial charge in [0.05, 0.1) is 0 Å². The van der Waals surface area contributed by atoms with E-state index in [9.17, 15) is 9.90 Å². The molecule has 1 heterocycles. The second-order valence-electron chi connectivity index (χ2n) is 5.05. The van der Waals surface area contributed by atoms with Gasteiger partial charge in [-0.25, -0.2) is 0 Å². The van der Waals surface area contributed by atoms with E-state index in [2.05, 4.69) is 6.92 Å². The zero-order chi connectivity index (χ0) is 13.1. The van der Waals surface area contributed by atoms with Crippen molar-refractivity contribution in [1.82, 2.24) is 4.90 Å². The number of carboxylic acid groups (broad SMARTS) is 1. The molecule has 98 valence electrons. The number of halogens is 1. The molecule has 0 spiro atoms. The summed E-state index contributed by atoms with van der Waals surface area (Å²) in [7, 11) is 0. The van der Waals surface area contributed by atoms with Gasteiger partial charge in [-0.3, -0.25) is 9.69 Å². The van der Waals surface area contributed by atoms with E-state index in [0.29, 0.717) is 17.5 Å². The summed E-state index contributed by atoms with van der Waals surface area (Å²) in [6, 6.07) is 7.24. The van der Waals surface area contributed by atoms with Crippen molar-refractivity contribution in [2.45, 2.75) is 32.4 Å². The highest BCUT2D eigenvalue weighted by molar-refractivity contribution is 6.31. The highest BCUT2D eigenvalue weighted by Gasteiger charge is 2.31. The number of hydrogen-bond acceptors (Lipinski definition) is 2. The molecule has 2 atom stereocenters. The minimum atomic E-state index is -0.728. The normalized spacial score (nSPS) is 25.0. The summed E-state index contributed by atoms with van der Waals surface area (Å²) in [5, 5.41) is 10.0. The van der Waals surface area contributed by atoms with Crippen LogP contribution in [0.3, 0.4) is 0 Å². The maximum atomic E-state index is 11.3. The predicted molar refractivity (Wildman–Crippen MR) is 71.7 cm³/mol. The van der Waals surface area contributed by atoms with E-state index < -0.39 is 5.97 Å². The molecular weight excluding hydrogens is 250 g/mol. The van der Waals surface area contributed by atoms with Gasteiger partial charge in [0.15, 0.2) is 0 Å². The summed E-state index contributed by atoms with van der Waals surface area (Å²) in [6.07, 6.45) is 1.77. The zero-order valence-electron chi connectivity index (χ0n) is 10.5. The molecule has 1 aromatic carbocycles. The van der Waals surface area contributed by atoms with Gasteiger partial charge in [0.1, 0.15) is 6.04 Å². The van der Waals surface area contributed by atoms with Crippen molar-refractivity contribution in [3.05, 3.63) is 34.9 Å². The topological polar surface area (TPSA) is 40.5 Å². The number of rotatable bonds is 3. The van der Waals surface area contributed by atoms with E-state index in [1.165, 1.54) is 0 Å². The van der Waals surface area contributed by atoms with Crippen LogP contribution in [0.1, 0.15) is 25.3 Å². The van der Waals surface area contributed by atoms with Gasteiger partial charge in [0.2, 0.25) is 0 Å². The zero-order valence-corrected chi connectivity index (χ0v) is 11.2. The molecule has 2 unspecified atom stereocenters. The van der Waals surface area contributed by atoms with E-state index in [1.807, 2.05) is 29.2 Å². The molecule has 0 saturated carbocycles. The van der Waals surface area contributed by atoms with Crippen LogP contribution in [-0.4, -0.2) is 28.6 Å². The average molecular weight is 268 g/mol. The Labute approximate surface area is 112 Å². The first-order valence-electron chi connectivity index (χ1n) is 6.28. The fraction of sp³-hybridized carbons (Fsp3) is 0.500. The lowest BCUT2D eigenvalue weighted by molar-refractivity contribution is -0.145. The number of nitrogens with zero attached hydrogens (tertiary/aromatic N) is 1. The van der Waals surface area contributed by atoms with Gasteiger partial charge in [-0.1, -0.05) is 36.7 Å². The average Bonchev–Trinajstić information content (AvgIpc) is 2.34. The van der Waals surface area contributed by atoms with Gasteiger partial charge in [-0.05, 0) is 36.9 Å². The minimum absolute atomic E-state index is 0.384. The molecule has 0 amide bonds. The van der Waals surface area contributed by atoms with E-state index in [4.69, 9.17) is 11.6 Å². The molecule has 0 aliphatic carbocycles. The van der Waals surface area contributed by atoms with E-state index in [-0.39, 0.29) is 6.04 Å². The maximum Gasteiger partial charge on any atom is 0.320 e. The third-order valence-corrected chi connectivity index (χ3v) is 3.96. The Hall–Kier alpha value is -1.06. The Morgan fingerprint density at radius 1 is 1.50 bits per heavy atom. The van der Waals surface area contributed by atoms with Gasteiger partial charge >= 0.3 is 5.97 Å².